The van der Waals surface area contributed by atoms with Crippen molar-refractivity contribution >= 4 is 17.2 Å². The molecule has 0 aliphatic carbocycles. The van der Waals surface area contributed by atoms with Crippen LogP contribution in [0.5, 0.6) is 0 Å². The SMILES string of the molecule is O=C(CNc1cnc2ccccn2c1=O)N1CCN(Cc2ccccc2)CC1. The number of rotatable bonds is 5. The van der Waals surface area contributed by atoms with E-state index in [4.69, 9.17) is 0 Å². The van der Waals surface area contributed by atoms with Gasteiger partial charge in [-0.3, -0.25) is 18.9 Å². The highest BCUT2D eigenvalue weighted by atomic mass is 16.2. The smallest absolute Gasteiger partial charge is 0.281 e. The van der Waals surface area contributed by atoms with Gasteiger partial charge in [0.15, 0.2) is 0 Å². The van der Waals surface area contributed by atoms with E-state index >= 15 is 0 Å². The second kappa shape index (κ2) is 8.22. The minimum absolute atomic E-state index is 0.00285. The lowest BCUT2D eigenvalue weighted by atomic mass is 10.2. The number of hydrogen-bond donors (Lipinski definition) is 1. The minimum atomic E-state index is -0.203. The lowest BCUT2D eigenvalue weighted by Crippen LogP contribution is -2.49. The van der Waals surface area contributed by atoms with Crippen LogP contribution in [0.15, 0.2) is 65.7 Å². The summed E-state index contributed by atoms with van der Waals surface area (Å²) in [5, 5.41) is 2.95. The average Bonchev–Trinajstić information content (AvgIpc) is 2.74. The standard InChI is InChI=1S/C21H23N5O2/c27-20(15-22-18-14-23-19-8-4-5-9-26(19)21(18)28)25-12-10-24(11-13-25)16-17-6-2-1-3-7-17/h1-9,14,22H,10-13,15-16H2. The molecule has 1 amide bonds. The van der Waals surface area contributed by atoms with Crippen LogP contribution in [0.25, 0.3) is 5.65 Å². The van der Waals surface area contributed by atoms with Gasteiger partial charge in [-0.1, -0.05) is 36.4 Å². The minimum Gasteiger partial charge on any atom is -0.370 e. The molecule has 0 saturated carbocycles. The fraction of sp³-hybridized carbons (Fsp3) is 0.286. The fourth-order valence-electron chi connectivity index (χ4n) is 3.43. The van der Waals surface area contributed by atoms with E-state index in [1.54, 1.807) is 18.3 Å². The van der Waals surface area contributed by atoms with Crippen LogP contribution >= 0.6 is 0 Å². The Morgan fingerprint density at radius 1 is 1.00 bits per heavy atom. The number of pyridine rings is 1. The Kier molecular flexibility index (Phi) is 5.34. The monoisotopic (exact) mass is 377 g/mol. The van der Waals surface area contributed by atoms with Gasteiger partial charge in [-0.2, -0.15) is 0 Å². The Labute approximate surface area is 163 Å². The molecule has 1 aliphatic rings. The van der Waals surface area contributed by atoms with Crippen molar-refractivity contribution in [2.45, 2.75) is 6.54 Å². The molecule has 1 aliphatic heterocycles. The van der Waals surface area contributed by atoms with E-state index in [1.165, 1.54) is 16.2 Å². The molecule has 7 heteroatoms. The van der Waals surface area contributed by atoms with Crippen LogP contribution in [0, 0.1) is 0 Å². The zero-order valence-corrected chi connectivity index (χ0v) is 15.6. The lowest BCUT2D eigenvalue weighted by molar-refractivity contribution is -0.131. The molecule has 28 heavy (non-hydrogen) atoms. The molecule has 2 aromatic heterocycles. The van der Waals surface area contributed by atoms with Crippen molar-refractivity contribution < 1.29 is 4.79 Å². The van der Waals surface area contributed by atoms with E-state index in [0.717, 1.165) is 19.6 Å². The number of nitrogens with one attached hydrogen (secondary N) is 1. The summed E-state index contributed by atoms with van der Waals surface area (Å²) in [6.45, 7) is 4.08. The first-order chi connectivity index (χ1) is 13.7. The number of anilines is 1. The molecule has 1 fully saturated rings. The van der Waals surface area contributed by atoms with E-state index in [0.29, 0.717) is 24.4 Å². The normalized spacial score (nSPS) is 14.9. The third kappa shape index (κ3) is 4.04. The van der Waals surface area contributed by atoms with Crippen LogP contribution in [-0.4, -0.2) is 57.8 Å². The molecule has 1 saturated heterocycles. The van der Waals surface area contributed by atoms with Gasteiger partial charge < -0.3 is 10.2 Å². The van der Waals surface area contributed by atoms with Gasteiger partial charge in [0.05, 0.1) is 12.7 Å². The van der Waals surface area contributed by atoms with Crippen molar-refractivity contribution in [3.8, 4) is 0 Å². The van der Waals surface area contributed by atoms with Crippen LogP contribution in [-0.2, 0) is 11.3 Å². The van der Waals surface area contributed by atoms with Gasteiger partial charge in [0, 0.05) is 38.9 Å². The predicted molar refractivity (Wildman–Crippen MR) is 108 cm³/mol. The van der Waals surface area contributed by atoms with E-state index < -0.39 is 0 Å². The molecule has 1 N–H and O–H groups in total. The number of fused-ring (bicyclic) bond motifs is 1. The number of benzene rings is 1. The summed E-state index contributed by atoms with van der Waals surface area (Å²) in [4.78, 5) is 33.4. The largest absolute Gasteiger partial charge is 0.370 e. The summed E-state index contributed by atoms with van der Waals surface area (Å²) in [6.07, 6.45) is 3.16. The molecular formula is C21H23N5O2. The predicted octanol–water partition coefficient (Wildman–Crippen LogP) is 1.45. The van der Waals surface area contributed by atoms with E-state index in [1.807, 2.05) is 29.2 Å². The molecule has 1 aromatic carbocycles. The van der Waals surface area contributed by atoms with Crippen LogP contribution < -0.4 is 10.9 Å². The highest BCUT2D eigenvalue weighted by Gasteiger charge is 2.21. The zero-order chi connectivity index (χ0) is 19.3. The number of aromatic nitrogens is 2. The number of piperazine rings is 1. The molecule has 0 atom stereocenters. The number of amides is 1. The fourth-order valence-corrected chi connectivity index (χ4v) is 3.43. The third-order valence-corrected chi connectivity index (χ3v) is 5.02. The molecule has 144 valence electrons. The molecule has 0 spiro atoms. The van der Waals surface area contributed by atoms with Crippen molar-refractivity contribution in [3.63, 3.8) is 0 Å². The lowest BCUT2D eigenvalue weighted by Gasteiger charge is -2.34. The Balaban J connectivity index is 1.30. The summed E-state index contributed by atoms with van der Waals surface area (Å²) < 4.78 is 1.47. The second-order valence-electron chi connectivity index (χ2n) is 6.90. The van der Waals surface area contributed by atoms with Crippen LogP contribution in [0.2, 0.25) is 0 Å². The van der Waals surface area contributed by atoms with Gasteiger partial charge in [0.2, 0.25) is 5.91 Å². The summed E-state index contributed by atoms with van der Waals surface area (Å²) in [7, 11) is 0. The average molecular weight is 377 g/mol. The van der Waals surface area contributed by atoms with Crippen molar-refractivity contribution in [2.24, 2.45) is 0 Å². The van der Waals surface area contributed by atoms with Crippen molar-refractivity contribution in [1.29, 1.82) is 0 Å². The Morgan fingerprint density at radius 2 is 1.75 bits per heavy atom. The van der Waals surface area contributed by atoms with E-state index in [-0.39, 0.29) is 18.0 Å². The molecule has 4 rings (SSSR count). The van der Waals surface area contributed by atoms with Crippen molar-refractivity contribution in [2.75, 3.05) is 38.0 Å². The third-order valence-electron chi connectivity index (χ3n) is 5.02. The number of nitrogens with zero attached hydrogens (tertiary/aromatic N) is 4. The molecule has 3 heterocycles. The van der Waals surface area contributed by atoms with Crippen LogP contribution in [0.4, 0.5) is 5.69 Å². The number of carbonyl (C=O) groups is 1. The molecule has 0 bridgehead atoms. The molecule has 7 nitrogen and oxygen atoms in total. The Hall–Kier alpha value is -3.19. The van der Waals surface area contributed by atoms with Gasteiger partial charge in [0.25, 0.3) is 5.56 Å². The van der Waals surface area contributed by atoms with E-state index in [9.17, 15) is 9.59 Å². The maximum atomic E-state index is 12.5. The molecular weight excluding hydrogens is 354 g/mol. The van der Waals surface area contributed by atoms with Crippen molar-refractivity contribution in [1.82, 2.24) is 19.2 Å². The topological polar surface area (TPSA) is 70.0 Å². The highest BCUT2D eigenvalue weighted by Crippen LogP contribution is 2.09. The zero-order valence-electron chi connectivity index (χ0n) is 15.6. The second-order valence-corrected chi connectivity index (χ2v) is 6.90. The van der Waals surface area contributed by atoms with Gasteiger partial charge >= 0.3 is 0 Å². The summed E-state index contributed by atoms with van der Waals surface area (Å²) in [5.74, 6) is -0.00285. The first-order valence-electron chi connectivity index (χ1n) is 9.45. The Bertz CT molecular complexity index is 1010. The number of hydrogen-bond acceptors (Lipinski definition) is 5. The first kappa shape index (κ1) is 18.2. The maximum absolute atomic E-state index is 12.5. The molecule has 0 radical (unpaired) electrons. The molecule has 0 unspecified atom stereocenters. The Morgan fingerprint density at radius 3 is 2.54 bits per heavy atom. The number of carbonyl (C=O) groups excluding carboxylic acids is 1. The summed E-state index contributed by atoms with van der Waals surface area (Å²) in [5.41, 5.74) is 2.00. The van der Waals surface area contributed by atoms with Crippen LogP contribution in [0.3, 0.4) is 0 Å². The van der Waals surface area contributed by atoms with Gasteiger partial charge in [-0.05, 0) is 17.7 Å². The quantitative estimate of drug-likeness (QED) is 0.729. The van der Waals surface area contributed by atoms with E-state index in [2.05, 4.69) is 27.3 Å². The van der Waals surface area contributed by atoms with Gasteiger partial charge in [-0.25, -0.2) is 4.98 Å². The van der Waals surface area contributed by atoms with Gasteiger partial charge in [-0.15, -0.1) is 0 Å². The summed E-state index contributed by atoms with van der Waals surface area (Å²) in [6, 6.07) is 15.7. The van der Waals surface area contributed by atoms with Crippen LogP contribution in [0.1, 0.15) is 5.56 Å². The van der Waals surface area contributed by atoms with Crippen molar-refractivity contribution in [3.05, 3.63) is 76.8 Å². The highest BCUT2D eigenvalue weighted by molar-refractivity contribution is 5.80. The maximum Gasteiger partial charge on any atom is 0.281 e. The first-order valence-corrected chi connectivity index (χ1v) is 9.45. The molecule has 3 aromatic rings. The van der Waals surface area contributed by atoms with Gasteiger partial charge in [0.1, 0.15) is 11.3 Å². The summed E-state index contributed by atoms with van der Waals surface area (Å²) >= 11 is 0.